The van der Waals surface area contributed by atoms with Gasteiger partial charge in [-0.2, -0.15) is 5.10 Å². The lowest BCUT2D eigenvalue weighted by Gasteiger charge is -2.34. The highest BCUT2D eigenvalue weighted by molar-refractivity contribution is 7.09. The molecule has 0 atom stereocenters. The number of halogens is 2. The van der Waals surface area contributed by atoms with Gasteiger partial charge in [-0.25, -0.2) is 18.4 Å². The molecule has 0 bridgehead atoms. The fraction of sp³-hybridized carbons (Fsp3) is 0.435. The minimum Gasteiger partial charge on any atom is -0.335 e. The van der Waals surface area contributed by atoms with Gasteiger partial charge < -0.3 is 4.90 Å². The summed E-state index contributed by atoms with van der Waals surface area (Å²) in [5.74, 6) is -1.89. The van der Waals surface area contributed by atoms with Crippen LogP contribution in [0.15, 0.2) is 23.6 Å². The highest BCUT2D eigenvalue weighted by Crippen LogP contribution is 2.29. The molecule has 3 heterocycles. The standard InChI is InChI=1S/C23H25F2N5OS/c1-2-21-26-15(14-32-21)13-28-8-10-29(11-9-28)23(31)22-17-4-3-5-20(17)30(27-22)16-6-7-18(24)19(25)12-16/h6-7,12,14H,2-5,8-11,13H2,1H3. The summed E-state index contributed by atoms with van der Waals surface area (Å²) in [6.45, 7) is 5.76. The van der Waals surface area contributed by atoms with Crippen LogP contribution in [0, 0.1) is 11.6 Å². The van der Waals surface area contributed by atoms with Crippen molar-refractivity contribution in [3.05, 3.63) is 62.9 Å². The molecular formula is C23H25F2N5OS. The van der Waals surface area contributed by atoms with E-state index in [9.17, 15) is 13.6 Å². The number of carbonyl (C=O) groups excluding carboxylic acids is 1. The number of hydrogen-bond donors (Lipinski definition) is 0. The lowest BCUT2D eigenvalue weighted by Crippen LogP contribution is -2.48. The third-order valence-electron chi connectivity index (χ3n) is 6.23. The zero-order valence-corrected chi connectivity index (χ0v) is 18.8. The number of fused-ring (bicyclic) bond motifs is 1. The van der Waals surface area contributed by atoms with E-state index in [1.54, 1.807) is 16.0 Å². The lowest BCUT2D eigenvalue weighted by molar-refractivity contribution is 0.0620. The van der Waals surface area contributed by atoms with E-state index in [0.29, 0.717) is 24.5 Å². The molecule has 1 aliphatic heterocycles. The number of thiazole rings is 1. The Bertz CT molecular complexity index is 1150. The smallest absolute Gasteiger partial charge is 0.274 e. The second-order valence-electron chi connectivity index (χ2n) is 8.29. The van der Waals surface area contributed by atoms with E-state index in [-0.39, 0.29) is 5.91 Å². The quantitative estimate of drug-likeness (QED) is 0.587. The van der Waals surface area contributed by atoms with Gasteiger partial charge in [0.15, 0.2) is 17.3 Å². The SMILES string of the molecule is CCc1nc(CN2CCN(C(=O)c3nn(-c4ccc(F)c(F)c4)c4c3CCC4)CC2)cs1. The van der Waals surface area contributed by atoms with Crippen LogP contribution in [-0.4, -0.2) is 56.7 Å². The third kappa shape index (κ3) is 3.95. The molecule has 2 aromatic heterocycles. The molecule has 2 aliphatic rings. The number of aryl methyl sites for hydroxylation is 1. The van der Waals surface area contributed by atoms with Crippen LogP contribution < -0.4 is 0 Å². The van der Waals surface area contributed by atoms with Gasteiger partial charge in [0.1, 0.15) is 0 Å². The zero-order valence-electron chi connectivity index (χ0n) is 18.0. The topological polar surface area (TPSA) is 54.3 Å². The molecule has 0 unspecified atom stereocenters. The van der Waals surface area contributed by atoms with E-state index >= 15 is 0 Å². The Morgan fingerprint density at radius 1 is 1.12 bits per heavy atom. The molecule has 5 rings (SSSR count). The molecule has 9 heteroatoms. The number of piperazine rings is 1. The van der Waals surface area contributed by atoms with Crippen LogP contribution in [0.3, 0.4) is 0 Å². The molecule has 0 radical (unpaired) electrons. The fourth-order valence-electron chi connectivity index (χ4n) is 4.51. The predicted molar refractivity (Wildman–Crippen MR) is 118 cm³/mol. The van der Waals surface area contributed by atoms with Gasteiger partial charge in [-0.1, -0.05) is 6.92 Å². The summed E-state index contributed by atoms with van der Waals surface area (Å²) in [6, 6.07) is 3.73. The number of amides is 1. The molecule has 1 aliphatic carbocycles. The van der Waals surface area contributed by atoms with Gasteiger partial charge in [0.2, 0.25) is 0 Å². The summed E-state index contributed by atoms with van der Waals surface area (Å²) < 4.78 is 28.8. The van der Waals surface area contributed by atoms with Crippen molar-refractivity contribution in [1.29, 1.82) is 0 Å². The summed E-state index contributed by atoms with van der Waals surface area (Å²) >= 11 is 1.70. The lowest BCUT2D eigenvalue weighted by atomic mass is 10.1. The minimum atomic E-state index is -0.917. The first-order valence-electron chi connectivity index (χ1n) is 11.0. The van der Waals surface area contributed by atoms with Gasteiger partial charge in [-0.15, -0.1) is 11.3 Å². The molecule has 6 nitrogen and oxygen atoms in total. The third-order valence-corrected chi connectivity index (χ3v) is 7.27. The maximum Gasteiger partial charge on any atom is 0.274 e. The van der Waals surface area contributed by atoms with Crippen LogP contribution >= 0.6 is 11.3 Å². The van der Waals surface area contributed by atoms with Crippen molar-refractivity contribution in [3.63, 3.8) is 0 Å². The summed E-state index contributed by atoms with van der Waals surface area (Å²) in [6.07, 6.45) is 3.44. The number of hydrogen-bond acceptors (Lipinski definition) is 5. The first-order valence-corrected chi connectivity index (χ1v) is 11.9. The molecule has 0 spiro atoms. The van der Waals surface area contributed by atoms with E-state index in [4.69, 9.17) is 0 Å². The first kappa shape index (κ1) is 21.2. The Morgan fingerprint density at radius 2 is 1.94 bits per heavy atom. The highest BCUT2D eigenvalue weighted by Gasteiger charge is 2.31. The van der Waals surface area contributed by atoms with Crippen molar-refractivity contribution in [1.82, 2.24) is 24.6 Å². The Labute approximate surface area is 189 Å². The summed E-state index contributed by atoms with van der Waals surface area (Å²) in [5, 5.41) is 7.83. The van der Waals surface area contributed by atoms with Crippen LogP contribution in [-0.2, 0) is 25.8 Å². The average Bonchev–Trinajstić information content (AvgIpc) is 3.53. The van der Waals surface area contributed by atoms with Crippen LogP contribution in [0.4, 0.5) is 8.78 Å². The van der Waals surface area contributed by atoms with E-state index in [2.05, 4.69) is 27.3 Å². The summed E-state index contributed by atoms with van der Waals surface area (Å²) in [7, 11) is 0. The molecule has 1 fully saturated rings. The van der Waals surface area contributed by atoms with Crippen LogP contribution in [0.25, 0.3) is 5.69 Å². The van der Waals surface area contributed by atoms with Crippen molar-refractivity contribution < 1.29 is 13.6 Å². The average molecular weight is 458 g/mol. The fourth-order valence-corrected chi connectivity index (χ4v) is 5.25. The van der Waals surface area contributed by atoms with Crippen molar-refractivity contribution in [2.45, 2.75) is 39.2 Å². The first-order chi connectivity index (χ1) is 15.5. The Hall–Kier alpha value is -2.65. The molecule has 3 aromatic rings. The maximum atomic E-state index is 13.8. The largest absolute Gasteiger partial charge is 0.335 e. The molecular weight excluding hydrogens is 432 g/mol. The van der Waals surface area contributed by atoms with Crippen molar-refractivity contribution >= 4 is 17.2 Å². The molecule has 0 N–H and O–H groups in total. The molecule has 168 valence electrons. The van der Waals surface area contributed by atoms with E-state index < -0.39 is 11.6 Å². The van der Waals surface area contributed by atoms with E-state index in [0.717, 1.165) is 79.4 Å². The zero-order chi connectivity index (χ0) is 22.2. The maximum absolute atomic E-state index is 13.8. The monoisotopic (exact) mass is 457 g/mol. The number of rotatable bonds is 5. The van der Waals surface area contributed by atoms with E-state index in [1.807, 2.05) is 4.90 Å². The van der Waals surface area contributed by atoms with Crippen molar-refractivity contribution in [2.24, 2.45) is 0 Å². The Morgan fingerprint density at radius 3 is 2.66 bits per heavy atom. The molecule has 0 saturated carbocycles. The number of aromatic nitrogens is 3. The number of carbonyl (C=O) groups is 1. The Balaban J connectivity index is 1.30. The number of benzene rings is 1. The summed E-state index contributed by atoms with van der Waals surface area (Å²) in [4.78, 5) is 22.1. The normalized spacial score (nSPS) is 16.5. The van der Waals surface area contributed by atoms with Crippen LogP contribution in [0.1, 0.15) is 45.8 Å². The van der Waals surface area contributed by atoms with Gasteiger partial charge in [-0.05, 0) is 37.8 Å². The van der Waals surface area contributed by atoms with Gasteiger partial charge in [0.25, 0.3) is 5.91 Å². The van der Waals surface area contributed by atoms with Gasteiger partial charge in [0.05, 0.1) is 16.4 Å². The van der Waals surface area contributed by atoms with E-state index in [1.165, 1.54) is 6.07 Å². The second kappa shape index (κ2) is 8.71. The summed E-state index contributed by atoms with van der Waals surface area (Å²) in [5.41, 5.74) is 3.85. The van der Waals surface area contributed by atoms with Crippen molar-refractivity contribution in [3.8, 4) is 5.69 Å². The minimum absolute atomic E-state index is 0.0777. The Kier molecular flexibility index (Phi) is 5.77. The van der Waals surface area contributed by atoms with Gasteiger partial charge >= 0.3 is 0 Å². The second-order valence-corrected chi connectivity index (χ2v) is 9.23. The van der Waals surface area contributed by atoms with Crippen LogP contribution in [0.2, 0.25) is 0 Å². The predicted octanol–water partition coefficient (Wildman–Crippen LogP) is 3.62. The molecule has 1 aromatic carbocycles. The van der Waals surface area contributed by atoms with Gasteiger partial charge in [-0.3, -0.25) is 9.69 Å². The number of nitrogens with zero attached hydrogens (tertiary/aromatic N) is 5. The van der Waals surface area contributed by atoms with Gasteiger partial charge in [0, 0.05) is 55.4 Å². The van der Waals surface area contributed by atoms with Crippen LogP contribution in [0.5, 0.6) is 0 Å². The molecule has 1 amide bonds. The molecule has 32 heavy (non-hydrogen) atoms. The molecule has 1 saturated heterocycles. The van der Waals surface area contributed by atoms with Crippen molar-refractivity contribution in [2.75, 3.05) is 26.2 Å². The highest BCUT2D eigenvalue weighted by atomic mass is 32.1.